The summed E-state index contributed by atoms with van der Waals surface area (Å²) in [6.07, 6.45) is 9.33. The van der Waals surface area contributed by atoms with Gasteiger partial charge in [0.05, 0.1) is 10.8 Å². The minimum atomic E-state index is -3.58. The van der Waals surface area contributed by atoms with Crippen molar-refractivity contribution in [3.8, 4) is 0 Å². The van der Waals surface area contributed by atoms with Crippen molar-refractivity contribution in [2.45, 2.75) is 96.2 Å². The third-order valence-electron chi connectivity index (χ3n) is 4.56. The summed E-state index contributed by atoms with van der Waals surface area (Å²) in [7, 11) is -3.58. The van der Waals surface area contributed by atoms with E-state index in [4.69, 9.17) is 4.52 Å². The summed E-state index contributed by atoms with van der Waals surface area (Å²) in [4.78, 5) is 10.4. The fourth-order valence-corrected chi connectivity index (χ4v) is 4.59. The van der Waals surface area contributed by atoms with Gasteiger partial charge in [-0.1, -0.05) is 45.4 Å². The van der Waals surface area contributed by atoms with Gasteiger partial charge in [0.25, 0.3) is 0 Å². The summed E-state index contributed by atoms with van der Waals surface area (Å²) in [5, 5.41) is -0.594. The Bertz CT molecular complexity index is 327. The second-order valence-corrected chi connectivity index (χ2v) is 9.15. The van der Waals surface area contributed by atoms with Gasteiger partial charge in [0.1, 0.15) is 0 Å². The van der Waals surface area contributed by atoms with Crippen molar-refractivity contribution in [2.24, 2.45) is 0 Å². The van der Waals surface area contributed by atoms with Crippen molar-refractivity contribution in [3.05, 3.63) is 0 Å². The lowest BCUT2D eigenvalue weighted by atomic mass is 9.97. The molecule has 4 heteroatoms. The Balaban J connectivity index is 2.89. The molecular formula is C15H31O3P. The van der Waals surface area contributed by atoms with Crippen LogP contribution >= 0.6 is 7.60 Å². The molecule has 2 atom stereocenters. The second-order valence-electron chi connectivity index (χ2n) is 6.84. The maximum atomic E-state index is 12.7. The fraction of sp³-hybridized carbons (Fsp3) is 1.00. The molecule has 1 rings (SSSR count). The van der Waals surface area contributed by atoms with E-state index >= 15 is 0 Å². The van der Waals surface area contributed by atoms with Gasteiger partial charge in [-0.3, -0.25) is 4.57 Å². The lowest BCUT2D eigenvalue weighted by Gasteiger charge is -2.38. The van der Waals surface area contributed by atoms with E-state index in [0.29, 0.717) is 6.42 Å². The second kappa shape index (κ2) is 6.74. The minimum Gasteiger partial charge on any atom is -0.324 e. The van der Waals surface area contributed by atoms with Gasteiger partial charge in [-0.05, 0) is 40.0 Å². The highest BCUT2D eigenvalue weighted by molar-refractivity contribution is 7.54. The molecule has 1 aliphatic rings. The van der Waals surface area contributed by atoms with Gasteiger partial charge in [0.2, 0.25) is 0 Å². The molecular weight excluding hydrogens is 259 g/mol. The molecule has 2 unspecified atom stereocenters. The van der Waals surface area contributed by atoms with Gasteiger partial charge in [-0.15, -0.1) is 0 Å². The summed E-state index contributed by atoms with van der Waals surface area (Å²) in [6.45, 7) is 7.79. The van der Waals surface area contributed by atoms with Crippen LogP contribution in [0.1, 0.15) is 85.5 Å². The van der Waals surface area contributed by atoms with Crippen molar-refractivity contribution in [2.75, 3.05) is 0 Å². The molecule has 19 heavy (non-hydrogen) atoms. The molecule has 1 heterocycles. The Morgan fingerprint density at radius 1 is 1.00 bits per heavy atom. The van der Waals surface area contributed by atoms with E-state index in [2.05, 4.69) is 0 Å². The zero-order valence-corrected chi connectivity index (χ0v) is 14.0. The molecule has 0 saturated carbocycles. The summed E-state index contributed by atoms with van der Waals surface area (Å²) < 4.78 is 18.4. The average molecular weight is 290 g/mol. The largest absolute Gasteiger partial charge is 0.334 e. The molecule has 1 saturated heterocycles. The van der Waals surface area contributed by atoms with Gasteiger partial charge in [0.15, 0.2) is 0 Å². The van der Waals surface area contributed by atoms with Crippen LogP contribution in [0, 0.1) is 0 Å². The highest BCUT2D eigenvalue weighted by Crippen LogP contribution is 2.61. The first-order valence-corrected chi connectivity index (χ1v) is 9.34. The van der Waals surface area contributed by atoms with Gasteiger partial charge in [-0.2, -0.15) is 0 Å². The molecule has 0 aromatic carbocycles. The molecule has 0 radical (unpaired) electrons. The number of hydrogen-bond acceptors (Lipinski definition) is 2. The zero-order valence-electron chi connectivity index (χ0n) is 13.1. The maximum absolute atomic E-state index is 12.7. The summed E-state index contributed by atoms with van der Waals surface area (Å²) >= 11 is 0. The van der Waals surface area contributed by atoms with Crippen molar-refractivity contribution in [1.82, 2.24) is 0 Å². The van der Waals surface area contributed by atoms with E-state index in [-0.39, 0.29) is 0 Å². The maximum Gasteiger partial charge on any atom is 0.334 e. The first kappa shape index (κ1) is 17.2. The summed E-state index contributed by atoms with van der Waals surface area (Å²) in [5.74, 6) is 0. The summed E-state index contributed by atoms with van der Waals surface area (Å²) in [5.41, 5.74) is -0.500. The molecule has 0 aliphatic carbocycles. The van der Waals surface area contributed by atoms with Crippen LogP contribution in [0.4, 0.5) is 0 Å². The van der Waals surface area contributed by atoms with Gasteiger partial charge >= 0.3 is 7.60 Å². The number of rotatable bonds is 1. The van der Waals surface area contributed by atoms with Crippen LogP contribution < -0.4 is 0 Å². The molecule has 0 aromatic heterocycles. The normalized spacial score (nSPS) is 38.2. The first-order chi connectivity index (χ1) is 8.72. The highest BCUT2D eigenvalue weighted by Gasteiger charge is 2.45. The Hall–Kier alpha value is 0.150. The minimum absolute atomic E-state index is 0.500. The van der Waals surface area contributed by atoms with Crippen molar-refractivity contribution < 1.29 is 14.0 Å². The Kier molecular flexibility index (Phi) is 6.10. The first-order valence-electron chi connectivity index (χ1n) is 7.76. The van der Waals surface area contributed by atoms with E-state index in [1.165, 1.54) is 25.7 Å². The monoisotopic (exact) mass is 290 g/mol. The van der Waals surface area contributed by atoms with E-state index in [1.54, 1.807) is 0 Å². The van der Waals surface area contributed by atoms with Gasteiger partial charge in [-0.25, -0.2) is 0 Å². The zero-order chi connectivity index (χ0) is 14.6. The lowest BCUT2D eigenvalue weighted by molar-refractivity contribution is 0.0705. The third kappa shape index (κ3) is 4.88. The molecule has 1 fully saturated rings. The quantitative estimate of drug-likeness (QED) is 0.669. The summed E-state index contributed by atoms with van der Waals surface area (Å²) in [6, 6.07) is 0. The molecule has 0 aromatic rings. The van der Waals surface area contributed by atoms with Gasteiger partial charge < -0.3 is 9.42 Å². The molecule has 0 amide bonds. The predicted octanol–water partition coefficient (Wildman–Crippen LogP) is 5.27. The van der Waals surface area contributed by atoms with Crippen LogP contribution in [-0.2, 0) is 9.09 Å². The molecule has 0 spiro atoms. The average Bonchev–Trinajstić information content (AvgIpc) is 2.29. The van der Waals surface area contributed by atoms with Crippen LogP contribution in [0.25, 0.3) is 0 Å². The van der Waals surface area contributed by atoms with Crippen molar-refractivity contribution in [3.63, 3.8) is 0 Å². The molecule has 114 valence electrons. The molecule has 3 nitrogen and oxygen atoms in total. The van der Waals surface area contributed by atoms with E-state index in [1.807, 2.05) is 27.7 Å². The van der Waals surface area contributed by atoms with Crippen LogP contribution in [0.5, 0.6) is 0 Å². The van der Waals surface area contributed by atoms with Crippen molar-refractivity contribution >= 4 is 7.60 Å². The van der Waals surface area contributed by atoms with E-state index in [0.717, 1.165) is 25.7 Å². The van der Waals surface area contributed by atoms with Crippen LogP contribution in [0.2, 0.25) is 0 Å². The number of hydrogen-bond donors (Lipinski definition) is 1. The SMILES string of the molecule is CCC1(C)CCCCCCCCC(C)(C)OP1(=O)O. The van der Waals surface area contributed by atoms with E-state index in [9.17, 15) is 9.46 Å². The van der Waals surface area contributed by atoms with E-state index < -0.39 is 18.4 Å². The molecule has 1 aliphatic heterocycles. The third-order valence-corrected chi connectivity index (χ3v) is 7.20. The Morgan fingerprint density at radius 3 is 2.00 bits per heavy atom. The fourth-order valence-electron chi connectivity index (χ4n) is 2.77. The molecule has 0 bridgehead atoms. The molecule has 1 N–H and O–H groups in total. The highest BCUT2D eigenvalue weighted by atomic mass is 31.2. The van der Waals surface area contributed by atoms with Gasteiger partial charge in [0, 0.05) is 0 Å². The Morgan fingerprint density at radius 2 is 1.47 bits per heavy atom. The standard InChI is InChI=1S/C15H31O3P/c1-5-15(4)13-11-9-7-6-8-10-12-14(2,3)18-19(15,16)17/h5-13H2,1-4H3,(H,16,17). The lowest BCUT2D eigenvalue weighted by Crippen LogP contribution is -2.32. The smallest absolute Gasteiger partial charge is 0.324 e. The van der Waals surface area contributed by atoms with Crippen LogP contribution in [-0.4, -0.2) is 15.7 Å². The van der Waals surface area contributed by atoms with Crippen LogP contribution in [0.3, 0.4) is 0 Å². The predicted molar refractivity (Wildman–Crippen MR) is 80.6 cm³/mol. The van der Waals surface area contributed by atoms with Crippen LogP contribution in [0.15, 0.2) is 0 Å². The topological polar surface area (TPSA) is 46.5 Å². The van der Waals surface area contributed by atoms with Crippen molar-refractivity contribution in [1.29, 1.82) is 0 Å². The Labute approximate surface area is 118 Å².